The Balaban J connectivity index is 1.72. The average molecular weight is 327 g/mol. The molecular formula is C19H21NO4. The van der Waals surface area contributed by atoms with E-state index in [0.29, 0.717) is 23.6 Å². The van der Waals surface area contributed by atoms with Crippen molar-refractivity contribution in [3.8, 4) is 17.2 Å². The van der Waals surface area contributed by atoms with Crippen molar-refractivity contribution in [3.63, 3.8) is 0 Å². The van der Waals surface area contributed by atoms with Gasteiger partial charge in [0.25, 0.3) is 0 Å². The molecule has 2 aromatic rings. The number of amides is 1. The number of nitrogens with one attached hydrogen (secondary N) is 1. The van der Waals surface area contributed by atoms with Crippen LogP contribution in [0.5, 0.6) is 17.2 Å². The van der Waals surface area contributed by atoms with Crippen LogP contribution in [0.3, 0.4) is 0 Å². The number of fused-ring (bicyclic) bond motifs is 1. The van der Waals surface area contributed by atoms with Gasteiger partial charge in [-0.1, -0.05) is 12.1 Å². The minimum absolute atomic E-state index is 0.0989. The Morgan fingerprint density at radius 2 is 2.04 bits per heavy atom. The lowest BCUT2D eigenvalue weighted by atomic mass is 10.0. The number of anilines is 1. The molecule has 1 amide bonds. The molecule has 126 valence electrons. The second kappa shape index (κ2) is 7.25. The molecule has 0 unspecified atom stereocenters. The number of hydrogen-bond acceptors (Lipinski definition) is 4. The molecule has 5 nitrogen and oxygen atoms in total. The van der Waals surface area contributed by atoms with Gasteiger partial charge in [-0.3, -0.25) is 4.79 Å². The van der Waals surface area contributed by atoms with Gasteiger partial charge in [0, 0.05) is 6.07 Å². The van der Waals surface area contributed by atoms with Crippen LogP contribution >= 0.6 is 0 Å². The standard InChI is InChI=1S/C19H21NO4/c1-22-15-6-8-18(23-2)16(12-15)20-19(21)11-13-5-7-17-14(10-13)4-3-9-24-17/h5-8,10,12H,3-4,9,11H2,1-2H3,(H,20,21). The van der Waals surface area contributed by atoms with Crippen molar-refractivity contribution in [3.05, 3.63) is 47.5 Å². The summed E-state index contributed by atoms with van der Waals surface area (Å²) in [5, 5.41) is 2.89. The number of carbonyl (C=O) groups is 1. The third-order valence-electron chi connectivity index (χ3n) is 4.02. The van der Waals surface area contributed by atoms with Crippen molar-refractivity contribution in [2.75, 3.05) is 26.1 Å². The molecule has 0 bridgehead atoms. The molecule has 1 heterocycles. The van der Waals surface area contributed by atoms with Crippen LogP contribution < -0.4 is 19.5 Å². The van der Waals surface area contributed by atoms with Crippen LogP contribution in [-0.2, 0) is 17.6 Å². The number of aryl methyl sites for hydroxylation is 1. The van der Waals surface area contributed by atoms with Gasteiger partial charge in [0.1, 0.15) is 17.2 Å². The zero-order valence-electron chi connectivity index (χ0n) is 13.9. The Morgan fingerprint density at radius 3 is 2.83 bits per heavy atom. The number of benzene rings is 2. The topological polar surface area (TPSA) is 56.8 Å². The van der Waals surface area contributed by atoms with Crippen molar-refractivity contribution in [2.45, 2.75) is 19.3 Å². The highest BCUT2D eigenvalue weighted by Crippen LogP contribution is 2.29. The molecule has 0 aromatic heterocycles. The van der Waals surface area contributed by atoms with Gasteiger partial charge in [-0.05, 0) is 42.2 Å². The largest absolute Gasteiger partial charge is 0.497 e. The fraction of sp³-hybridized carbons (Fsp3) is 0.316. The molecule has 5 heteroatoms. The fourth-order valence-electron chi connectivity index (χ4n) is 2.82. The molecule has 3 rings (SSSR count). The highest BCUT2D eigenvalue weighted by Gasteiger charge is 2.13. The molecule has 0 radical (unpaired) electrons. The maximum atomic E-state index is 12.4. The molecule has 0 saturated heterocycles. The normalized spacial score (nSPS) is 12.8. The van der Waals surface area contributed by atoms with E-state index in [9.17, 15) is 4.79 Å². The van der Waals surface area contributed by atoms with E-state index in [2.05, 4.69) is 11.4 Å². The Hall–Kier alpha value is -2.69. The number of ether oxygens (including phenoxy) is 3. The number of methoxy groups -OCH3 is 2. The average Bonchev–Trinajstić information content (AvgIpc) is 2.61. The lowest BCUT2D eigenvalue weighted by Gasteiger charge is -2.18. The van der Waals surface area contributed by atoms with E-state index < -0.39 is 0 Å². The van der Waals surface area contributed by atoms with Gasteiger partial charge < -0.3 is 19.5 Å². The van der Waals surface area contributed by atoms with E-state index in [1.165, 1.54) is 5.56 Å². The van der Waals surface area contributed by atoms with Crippen molar-refractivity contribution < 1.29 is 19.0 Å². The second-order valence-corrected chi connectivity index (χ2v) is 5.69. The summed E-state index contributed by atoms with van der Waals surface area (Å²) >= 11 is 0. The molecule has 0 fully saturated rings. The Kier molecular flexibility index (Phi) is 4.89. The van der Waals surface area contributed by atoms with Crippen LogP contribution in [0.4, 0.5) is 5.69 Å². The van der Waals surface area contributed by atoms with E-state index in [-0.39, 0.29) is 5.91 Å². The summed E-state index contributed by atoms with van der Waals surface area (Å²) in [7, 11) is 3.16. The van der Waals surface area contributed by atoms with Crippen LogP contribution in [0.1, 0.15) is 17.5 Å². The summed E-state index contributed by atoms with van der Waals surface area (Å²) in [5.74, 6) is 2.10. The van der Waals surface area contributed by atoms with Crippen molar-refractivity contribution >= 4 is 11.6 Å². The minimum Gasteiger partial charge on any atom is -0.497 e. The third kappa shape index (κ3) is 3.62. The molecule has 0 atom stereocenters. The Morgan fingerprint density at radius 1 is 1.17 bits per heavy atom. The van der Waals surface area contributed by atoms with Crippen LogP contribution in [0.25, 0.3) is 0 Å². The maximum absolute atomic E-state index is 12.4. The first kappa shape index (κ1) is 16.2. The number of rotatable bonds is 5. The maximum Gasteiger partial charge on any atom is 0.228 e. The fourth-order valence-corrected chi connectivity index (χ4v) is 2.82. The monoisotopic (exact) mass is 327 g/mol. The molecule has 1 N–H and O–H groups in total. The predicted molar refractivity (Wildman–Crippen MR) is 92.1 cm³/mol. The quantitative estimate of drug-likeness (QED) is 0.916. The van der Waals surface area contributed by atoms with Gasteiger partial charge in [0.15, 0.2) is 0 Å². The summed E-state index contributed by atoms with van der Waals surface area (Å²) in [6.45, 7) is 0.766. The van der Waals surface area contributed by atoms with Crippen molar-refractivity contribution in [2.24, 2.45) is 0 Å². The Bertz CT molecular complexity index is 742. The molecule has 0 aliphatic carbocycles. The molecule has 1 aliphatic rings. The lowest BCUT2D eigenvalue weighted by Crippen LogP contribution is -2.16. The molecule has 24 heavy (non-hydrogen) atoms. The van der Waals surface area contributed by atoms with E-state index >= 15 is 0 Å². The molecule has 0 saturated carbocycles. The van der Waals surface area contributed by atoms with Crippen LogP contribution in [0, 0.1) is 0 Å². The summed E-state index contributed by atoms with van der Waals surface area (Å²) in [4.78, 5) is 12.4. The first-order chi connectivity index (χ1) is 11.7. The second-order valence-electron chi connectivity index (χ2n) is 5.69. The van der Waals surface area contributed by atoms with E-state index in [1.807, 2.05) is 12.1 Å². The molecule has 2 aromatic carbocycles. The zero-order chi connectivity index (χ0) is 16.9. The molecule has 1 aliphatic heterocycles. The van der Waals surface area contributed by atoms with Gasteiger partial charge in [-0.15, -0.1) is 0 Å². The smallest absolute Gasteiger partial charge is 0.228 e. The van der Waals surface area contributed by atoms with Crippen LogP contribution in [-0.4, -0.2) is 26.7 Å². The van der Waals surface area contributed by atoms with Crippen LogP contribution in [0.15, 0.2) is 36.4 Å². The van der Waals surface area contributed by atoms with Gasteiger partial charge in [-0.2, -0.15) is 0 Å². The summed E-state index contributed by atoms with van der Waals surface area (Å²) in [5.41, 5.74) is 2.74. The highest BCUT2D eigenvalue weighted by atomic mass is 16.5. The lowest BCUT2D eigenvalue weighted by molar-refractivity contribution is -0.115. The van der Waals surface area contributed by atoms with Gasteiger partial charge >= 0.3 is 0 Å². The SMILES string of the molecule is COc1ccc(OC)c(NC(=O)Cc2ccc3c(c2)CCCO3)c1. The van der Waals surface area contributed by atoms with Gasteiger partial charge in [0.05, 0.1) is 32.9 Å². The van der Waals surface area contributed by atoms with E-state index in [0.717, 1.165) is 30.8 Å². The summed E-state index contributed by atoms with van der Waals surface area (Å²) in [6.07, 6.45) is 2.31. The first-order valence-corrected chi connectivity index (χ1v) is 7.96. The predicted octanol–water partition coefficient (Wildman–Crippen LogP) is 3.21. The number of hydrogen-bond donors (Lipinski definition) is 1. The van der Waals surface area contributed by atoms with Gasteiger partial charge in [0.2, 0.25) is 5.91 Å². The highest BCUT2D eigenvalue weighted by molar-refractivity contribution is 5.94. The first-order valence-electron chi connectivity index (χ1n) is 7.96. The van der Waals surface area contributed by atoms with E-state index in [4.69, 9.17) is 14.2 Å². The summed E-state index contributed by atoms with van der Waals surface area (Å²) < 4.78 is 16.1. The van der Waals surface area contributed by atoms with Crippen molar-refractivity contribution in [1.82, 2.24) is 0 Å². The number of carbonyl (C=O) groups excluding carboxylic acids is 1. The minimum atomic E-state index is -0.0989. The van der Waals surface area contributed by atoms with Gasteiger partial charge in [-0.25, -0.2) is 0 Å². The summed E-state index contributed by atoms with van der Waals surface area (Å²) in [6, 6.07) is 11.2. The van der Waals surface area contributed by atoms with Crippen molar-refractivity contribution in [1.29, 1.82) is 0 Å². The molecule has 0 spiro atoms. The Labute approximate surface area is 141 Å². The zero-order valence-corrected chi connectivity index (χ0v) is 13.9. The van der Waals surface area contributed by atoms with Crippen LogP contribution in [0.2, 0.25) is 0 Å². The third-order valence-corrected chi connectivity index (χ3v) is 4.02. The van der Waals surface area contributed by atoms with E-state index in [1.54, 1.807) is 32.4 Å². The molecular weight excluding hydrogens is 306 g/mol.